The molecular formula is C40H54F6N6O6. The van der Waals surface area contributed by atoms with E-state index in [9.17, 15) is 45.5 Å². The number of nitrogens with one attached hydrogen (secondary N) is 2. The molecule has 3 heterocycles. The first kappa shape index (κ1) is 46.1. The highest BCUT2D eigenvalue weighted by Gasteiger charge is 2.40. The Kier molecular flexibility index (Phi) is 15.1. The van der Waals surface area contributed by atoms with Crippen LogP contribution < -0.4 is 20.4 Å². The summed E-state index contributed by atoms with van der Waals surface area (Å²) in [6.07, 6.45) is -6.19. The third-order valence-corrected chi connectivity index (χ3v) is 9.60. The number of ether oxygens (including phenoxy) is 2. The summed E-state index contributed by atoms with van der Waals surface area (Å²) >= 11 is 0. The minimum atomic E-state index is -4.84. The second-order valence-corrected chi connectivity index (χ2v) is 16.7. The maximum absolute atomic E-state index is 14.0. The number of carbonyl (C=O) groups is 4. The van der Waals surface area contributed by atoms with Gasteiger partial charge in [-0.25, -0.2) is 14.8 Å². The Morgan fingerprint density at radius 3 is 1.98 bits per heavy atom. The van der Waals surface area contributed by atoms with Crippen molar-refractivity contribution < 1.29 is 55.0 Å². The quantitative estimate of drug-likeness (QED) is 0.146. The van der Waals surface area contributed by atoms with Crippen molar-refractivity contribution in [3.63, 3.8) is 0 Å². The van der Waals surface area contributed by atoms with Crippen LogP contribution in [-0.4, -0.2) is 83.2 Å². The average molecular weight is 829 g/mol. The van der Waals surface area contributed by atoms with Gasteiger partial charge in [0.1, 0.15) is 34.9 Å². The average Bonchev–Trinajstić information content (AvgIpc) is 3.07. The molecule has 0 aliphatic carbocycles. The zero-order valence-electron chi connectivity index (χ0n) is 33.8. The number of hydrogen-bond acceptors (Lipinski definition) is 10. The van der Waals surface area contributed by atoms with Gasteiger partial charge in [0.2, 0.25) is 17.6 Å². The number of amides is 2. The first-order valence-electron chi connectivity index (χ1n) is 19.5. The van der Waals surface area contributed by atoms with E-state index in [1.807, 2.05) is 0 Å². The molecule has 2 saturated heterocycles. The molecule has 1 aromatic heterocycles. The van der Waals surface area contributed by atoms with Crippen LogP contribution in [-0.2, 0) is 47.4 Å². The third-order valence-electron chi connectivity index (χ3n) is 9.60. The number of piperidine rings is 1. The topological polar surface area (TPSA) is 143 Å². The molecule has 0 radical (unpaired) electrons. The predicted molar refractivity (Wildman–Crippen MR) is 203 cm³/mol. The van der Waals surface area contributed by atoms with Crippen LogP contribution in [0.2, 0.25) is 0 Å². The van der Waals surface area contributed by atoms with Gasteiger partial charge in [-0.3, -0.25) is 14.4 Å². The number of alkyl halides is 6. The summed E-state index contributed by atoms with van der Waals surface area (Å²) in [5.74, 6) is -3.04. The fourth-order valence-electron chi connectivity index (χ4n) is 6.65. The minimum absolute atomic E-state index is 0.00904. The standard InChI is InChI=1S/C40H54F6N6O6/c1-37(2,3)57-33(54)15-14-28(35(56)58-38(4,5)6)48-32(53)9-7-8-25-17-21-51(22-18-25)30-24-31(50-36(49-30)40(44,45)46)52-23-19-29(52)34(55)47-20-16-26-10-12-27(13-11-26)39(41,42)43/h10-13,24-25,28-29H,7-9,14-23H2,1-6H3,(H,47,55)(H,48,53)/t28-,29-/m0/s1. The highest BCUT2D eigenvalue weighted by molar-refractivity contribution is 5.87. The maximum Gasteiger partial charge on any atom is 0.451 e. The van der Waals surface area contributed by atoms with E-state index in [0.717, 1.165) is 12.1 Å². The van der Waals surface area contributed by atoms with E-state index in [-0.39, 0.29) is 55.7 Å². The molecule has 0 saturated carbocycles. The molecule has 2 atom stereocenters. The van der Waals surface area contributed by atoms with Gasteiger partial charge in [0.25, 0.3) is 0 Å². The van der Waals surface area contributed by atoms with Crippen molar-refractivity contribution in [2.24, 2.45) is 5.92 Å². The van der Waals surface area contributed by atoms with E-state index in [1.54, 1.807) is 46.4 Å². The zero-order chi connectivity index (χ0) is 43.1. The number of anilines is 2. The van der Waals surface area contributed by atoms with Crippen molar-refractivity contribution in [1.82, 2.24) is 20.6 Å². The van der Waals surface area contributed by atoms with Crippen molar-refractivity contribution in [2.75, 3.05) is 36.0 Å². The maximum atomic E-state index is 14.0. The van der Waals surface area contributed by atoms with Crippen LogP contribution in [0.25, 0.3) is 0 Å². The second kappa shape index (κ2) is 19.0. The van der Waals surface area contributed by atoms with Gasteiger partial charge in [-0.1, -0.05) is 12.1 Å². The molecule has 12 nitrogen and oxygen atoms in total. The molecule has 0 bridgehead atoms. The Morgan fingerprint density at radius 2 is 1.43 bits per heavy atom. The molecule has 2 aliphatic rings. The molecule has 0 spiro atoms. The van der Waals surface area contributed by atoms with Gasteiger partial charge in [-0.15, -0.1) is 0 Å². The largest absolute Gasteiger partial charge is 0.460 e. The fraction of sp³-hybridized carbons (Fsp3) is 0.650. The fourth-order valence-corrected chi connectivity index (χ4v) is 6.65. The number of nitrogens with zero attached hydrogens (tertiary/aromatic N) is 4. The molecule has 2 aliphatic heterocycles. The molecule has 4 rings (SSSR count). The summed E-state index contributed by atoms with van der Waals surface area (Å²) < 4.78 is 91.3. The predicted octanol–water partition coefficient (Wildman–Crippen LogP) is 6.79. The molecule has 2 fully saturated rings. The first-order valence-corrected chi connectivity index (χ1v) is 19.5. The normalized spacial score (nSPS) is 17.3. The Bertz CT molecular complexity index is 1730. The smallest absolute Gasteiger partial charge is 0.451 e. The highest BCUT2D eigenvalue weighted by Crippen LogP contribution is 2.35. The highest BCUT2D eigenvalue weighted by atomic mass is 19.4. The molecule has 2 amide bonds. The van der Waals surface area contributed by atoms with Crippen LogP contribution in [0.3, 0.4) is 0 Å². The van der Waals surface area contributed by atoms with Gasteiger partial charge in [0.15, 0.2) is 0 Å². The van der Waals surface area contributed by atoms with E-state index in [4.69, 9.17) is 9.47 Å². The number of rotatable bonds is 15. The van der Waals surface area contributed by atoms with Gasteiger partial charge in [-0.2, -0.15) is 26.3 Å². The lowest BCUT2D eigenvalue weighted by atomic mass is 9.91. The number of halogens is 6. The van der Waals surface area contributed by atoms with Gasteiger partial charge in [0.05, 0.1) is 5.56 Å². The van der Waals surface area contributed by atoms with Crippen LogP contribution in [0.4, 0.5) is 38.0 Å². The van der Waals surface area contributed by atoms with Gasteiger partial charge in [0, 0.05) is 45.1 Å². The minimum Gasteiger partial charge on any atom is -0.460 e. The first-order chi connectivity index (χ1) is 26.9. The van der Waals surface area contributed by atoms with E-state index in [1.165, 1.54) is 23.1 Å². The van der Waals surface area contributed by atoms with E-state index < -0.39 is 64.9 Å². The van der Waals surface area contributed by atoms with Crippen LogP contribution in [0.15, 0.2) is 30.3 Å². The summed E-state index contributed by atoms with van der Waals surface area (Å²) in [5, 5.41) is 5.43. The summed E-state index contributed by atoms with van der Waals surface area (Å²) in [5.41, 5.74) is -1.70. The second-order valence-electron chi connectivity index (χ2n) is 16.7. The Balaban J connectivity index is 1.28. The lowest BCUT2D eigenvalue weighted by Crippen LogP contribution is -2.57. The van der Waals surface area contributed by atoms with Gasteiger partial charge < -0.3 is 29.9 Å². The summed E-state index contributed by atoms with van der Waals surface area (Å²) in [7, 11) is 0. The summed E-state index contributed by atoms with van der Waals surface area (Å²) in [4.78, 5) is 61.9. The van der Waals surface area contributed by atoms with Crippen molar-refractivity contribution in [3.8, 4) is 0 Å². The van der Waals surface area contributed by atoms with Crippen molar-refractivity contribution in [2.45, 2.75) is 135 Å². The Hall–Kier alpha value is -4.64. The van der Waals surface area contributed by atoms with Crippen LogP contribution in [0, 0.1) is 5.92 Å². The molecule has 18 heteroatoms. The molecule has 2 aromatic rings. The summed E-state index contributed by atoms with van der Waals surface area (Å²) in [6.45, 7) is 11.5. The van der Waals surface area contributed by atoms with Crippen molar-refractivity contribution in [3.05, 3.63) is 47.3 Å². The number of benzene rings is 1. The lowest BCUT2D eigenvalue weighted by molar-refractivity contribution is -0.160. The van der Waals surface area contributed by atoms with Gasteiger partial charge in [-0.05, 0) is 110 Å². The number of esters is 2. The zero-order valence-corrected chi connectivity index (χ0v) is 33.8. The van der Waals surface area contributed by atoms with Crippen molar-refractivity contribution >= 4 is 35.4 Å². The summed E-state index contributed by atoms with van der Waals surface area (Å²) in [6, 6.07) is 4.23. The molecular weight excluding hydrogens is 774 g/mol. The molecule has 1 aromatic carbocycles. The van der Waals surface area contributed by atoms with Gasteiger partial charge >= 0.3 is 24.3 Å². The molecule has 0 unspecified atom stereocenters. The number of carbonyl (C=O) groups excluding carboxylic acids is 4. The molecule has 322 valence electrons. The SMILES string of the molecule is CC(C)(C)OC(=O)CC[C@H](NC(=O)CCCC1CCN(c2cc(N3CC[C@H]3C(=O)NCCc3ccc(C(F)(F)F)cc3)nc(C(F)(F)F)n2)CC1)C(=O)OC(C)(C)C. The van der Waals surface area contributed by atoms with Crippen LogP contribution in [0.5, 0.6) is 0 Å². The molecule has 2 N–H and O–H groups in total. The van der Waals surface area contributed by atoms with Crippen LogP contribution >= 0.6 is 0 Å². The molecule has 58 heavy (non-hydrogen) atoms. The Labute approximate surface area is 334 Å². The number of hydrogen-bond donors (Lipinski definition) is 2. The van der Waals surface area contributed by atoms with Crippen molar-refractivity contribution in [1.29, 1.82) is 0 Å². The van der Waals surface area contributed by atoms with E-state index >= 15 is 0 Å². The van der Waals surface area contributed by atoms with Crippen LogP contribution in [0.1, 0.15) is 110 Å². The lowest BCUT2D eigenvalue weighted by Gasteiger charge is -2.41. The monoisotopic (exact) mass is 828 g/mol. The Morgan fingerprint density at radius 1 is 0.810 bits per heavy atom. The number of aromatic nitrogens is 2. The third kappa shape index (κ3) is 14.3. The van der Waals surface area contributed by atoms with E-state index in [2.05, 4.69) is 20.6 Å². The van der Waals surface area contributed by atoms with E-state index in [0.29, 0.717) is 57.3 Å².